The van der Waals surface area contributed by atoms with Crippen molar-refractivity contribution in [1.29, 1.82) is 0 Å². The number of aromatic hydroxyl groups is 1. The van der Waals surface area contributed by atoms with E-state index in [4.69, 9.17) is 5.11 Å². The zero-order valence-electron chi connectivity index (χ0n) is 9.08. The second-order valence-corrected chi connectivity index (χ2v) is 4.41. The standard InChI is InChI=1S/C10H14O.C2H4O/c1-10(2,3)8-4-6-9(11)7-5-8;1-2-3-1/h4-7,11H,1-3H3;1-2H2. The third-order valence-electron chi connectivity index (χ3n) is 1.94. The first-order valence-corrected chi connectivity index (χ1v) is 4.87. The smallest absolute Gasteiger partial charge is 0.115 e. The van der Waals surface area contributed by atoms with Crippen LogP contribution in [-0.2, 0) is 10.2 Å². The van der Waals surface area contributed by atoms with Gasteiger partial charge in [-0.3, -0.25) is 0 Å². The van der Waals surface area contributed by atoms with Gasteiger partial charge in [0.1, 0.15) is 5.75 Å². The van der Waals surface area contributed by atoms with Crippen LogP contribution in [0.2, 0.25) is 0 Å². The molecule has 1 aromatic carbocycles. The predicted molar refractivity (Wildman–Crippen MR) is 57.6 cm³/mol. The van der Waals surface area contributed by atoms with Crippen molar-refractivity contribution in [3.05, 3.63) is 29.8 Å². The molecule has 1 fully saturated rings. The van der Waals surface area contributed by atoms with Gasteiger partial charge < -0.3 is 9.84 Å². The number of ether oxygens (including phenoxy) is 1. The van der Waals surface area contributed by atoms with E-state index in [1.165, 1.54) is 5.56 Å². The topological polar surface area (TPSA) is 32.8 Å². The van der Waals surface area contributed by atoms with Crippen molar-refractivity contribution in [2.75, 3.05) is 13.2 Å². The van der Waals surface area contributed by atoms with Gasteiger partial charge in [-0.15, -0.1) is 0 Å². The number of phenolic OH excluding ortho intramolecular Hbond substituents is 1. The van der Waals surface area contributed by atoms with Crippen LogP contribution in [0.4, 0.5) is 0 Å². The van der Waals surface area contributed by atoms with Crippen LogP contribution in [0.3, 0.4) is 0 Å². The van der Waals surface area contributed by atoms with E-state index in [-0.39, 0.29) is 5.41 Å². The molecule has 78 valence electrons. The molecule has 0 amide bonds. The van der Waals surface area contributed by atoms with Crippen LogP contribution < -0.4 is 0 Å². The van der Waals surface area contributed by atoms with Gasteiger partial charge in [-0.25, -0.2) is 0 Å². The van der Waals surface area contributed by atoms with Gasteiger partial charge in [0.25, 0.3) is 0 Å². The van der Waals surface area contributed by atoms with Gasteiger partial charge in [-0.2, -0.15) is 0 Å². The number of rotatable bonds is 0. The van der Waals surface area contributed by atoms with Crippen LogP contribution in [0.25, 0.3) is 0 Å². The van der Waals surface area contributed by atoms with Crippen LogP contribution in [0, 0.1) is 0 Å². The van der Waals surface area contributed by atoms with Crippen LogP contribution in [0.5, 0.6) is 5.75 Å². The lowest BCUT2D eigenvalue weighted by Crippen LogP contribution is -2.10. The fraction of sp³-hybridized carbons (Fsp3) is 0.500. The zero-order valence-corrected chi connectivity index (χ0v) is 9.08. The molecular weight excluding hydrogens is 176 g/mol. The maximum atomic E-state index is 9.02. The zero-order chi connectivity index (χ0) is 10.6. The largest absolute Gasteiger partial charge is 0.508 e. The summed E-state index contributed by atoms with van der Waals surface area (Å²) in [6.45, 7) is 8.46. The quantitative estimate of drug-likeness (QED) is 0.644. The van der Waals surface area contributed by atoms with Crippen molar-refractivity contribution >= 4 is 0 Å². The Labute approximate surface area is 85.5 Å². The fourth-order valence-electron chi connectivity index (χ4n) is 0.961. The molecule has 0 aromatic heterocycles. The molecule has 0 radical (unpaired) electrons. The first kappa shape index (κ1) is 11.1. The Morgan fingerprint density at radius 3 is 1.79 bits per heavy atom. The first-order chi connectivity index (χ1) is 6.50. The number of hydrogen-bond acceptors (Lipinski definition) is 2. The Hall–Kier alpha value is -1.02. The van der Waals surface area contributed by atoms with E-state index in [0.717, 1.165) is 13.2 Å². The lowest BCUT2D eigenvalue weighted by molar-refractivity contribution is 0.474. The summed E-state index contributed by atoms with van der Waals surface area (Å²) in [5.74, 6) is 0.331. The van der Waals surface area contributed by atoms with E-state index in [1.807, 2.05) is 12.1 Å². The van der Waals surface area contributed by atoms with Crippen molar-refractivity contribution in [1.82, 2.24) is 0 Å². The van der Waals surface area contributed by atoms with Gasteiger partial charge in [-0.05, 0) is 23.1 Å². The minimum Gasteiger partial charge on any atom is -0.508 e. The summed E-state index contributed by atoms with van der Waals surface area (Å²) in [4.78, 5) is 0. The first-order valence-electron chi connectivity index (χ1n) is 4.87. The van der Waals surface area contributed by atoms with Crippen molar-refractivity contribution in [3.63, 3.8) is 0 Å². The predicted octanol–water partition coefficient (Wildman–Crippen LogP) is 2.71. The van der Waals surface area contributed by atoms with Gasteiger partial charge in [0, 0.05) is 0 Å². The minimum atomic E-state index is 0.174. The lowest BCUT2D eigenvalue weighted by Gasteiger charge is -2.18. The average Bonchev–Trinajstić information content (AvgIpc) is 2.88. The Morgan fingerprint density at radius 1 is 1.07 bits per heavy atom. The lowest BCUT2D eigenvalue weighted by atomic mass is 9.87. The molecule has 1 aliphatic rings. The average molecular weight is 194 g/mol. The van der Waals surface area contributed by atoms with Gasteiger partial charge >= 0.3 is 0 Å². The van der Waals surface area contributed by atoms with E-state index in [9.17, 15) is 0 Å². The van der Waals surface area contributed by atoms with Gasteiger partial charge in [-0.1, -0.05) is 32.9 Å². The molecule has 0 bridgehead atoms. The molecule has 1 aromatic rings. The van der Waals surface area contributed by atoms with Gasteiger partial charge in [0.2, 0.25) is 0 Å². The molecule has 2 rings (SSSR count). The molecule has 1 aliphatic heterocycles. The molecule has 0 atom stereocenters. The van der Waals surface area contributed by atoms with Crippen LogP contribution in [0.1, 0.15) is 26.3 Å². The van der Waals surface area contributed by atoms with E-state index in [1.54, 1.807) is 12.1 Å². The summed E-state index contributed by atoms with van der Waals surface area (Å²) in [5, 5.41) is 9.02. The minimum absolute atomic E-state index is 0.174. The van der Waals surface area contributed by atoms with Crippen LogP contribution in [-0.4, -0.2) is 18.3 Å². The van der Waals surface area contributed by atoms with Crippen molar-refractivity contribution in [2.45, 2.75) is 26.2 Å². The molecule has 1 heterocycles. The summed E-state index contributed by atoms with van der Waals surface area (Å²) in [5.41, 5.74) is 1.42. The number of epoxide rings is 1. The van der Waals surface area contributed by atoms with Crippen molar-refractivity contribution < 1.29 is 9.84 Å². The molecule has 2 heteroatoms. The van der Waals surface area contributed by atoms with E-state index in [0.29, 0.717) is 5.75 Å². The Bertz CT molecular complexity index is 265. The highest BCUT2D eigenvalue weighted by molar-refractivity contribution is 5.29. The summed E-state index contributed by atoms with van der Waals surface area (Å²) < 4.78 is 4.50. The maximum absolute atomic E-state index is 9.02. The van der Waals surface area contributed by atoms with Crippen LogP contribution in [0.15, 0.2) is 24.3 Å². The van der Waals surface area contributed by atoms with Crippen molar-refractivity contribution in [2.24, 2.45) is 0 Å². The Balaban J connectivity index is 0.000000276. The third-order valence-corrected chi connectivity index (χ3v) is 1.94. The molecule has 0 saturated carbocycles. The summed E-state index contributed by atoms with van der Waals surface area (Å²) >= 11 is 0. The monoisotopic (exact) mass is 194 g/mol. The summed E-state index contributed by atoms with van der Waals surface area (Å²) in [6.07, 6.45) is 0. The highest BCUT2D eigenvalue weighted by Gasteiger charge is 2.12. The molecule has 2 nitrogen and oxygen atoms in total. The summed E-state index contributed by atoms with van der Waals surface area (Å²) in [7, 11) is 0. The Kier molecular flexibility index (Phi) is 3.53. The Morgan fingerprint density at radius 2 is 1.50 bits per heavy atom. The number of phenols is 1. The summed E-state index contributed by atoms with van der Waals surface area (Å²) in [6, 6.07) is 7.35. The van der Waals surface area contributed by atoms with Crippen LogP contribution >= 0.6 is 0 Å². The SMILES string of the molecule is C1CO1.CC(C)(C)c1ccc(O)cc1. The second kappa shape index (κ2) is 4.47. The van der Waals surface area contributed by atoms with E-state index in [2.05, 4.69) is 25.5 Å². The van der Waals surface area contributed by atoms with E-state index >= 15 is 0 Å². The molecule has 1 saturated heterocycles. The number of hydrogen-bond donors (Lipinski definition) is 1. The molecule has 14 heavy (non-hydrogen) atoms. The highest BCUT2D eigenvalue weighted by atomic mass is 16.6. The van der Waals surface area contributed by atoms with Crippen molar-refractivity contribution in [3.8, 4) is 5.75 Å². The van der Waals surface area contributed by atoms with E-state index < -0.39 is 0 Å². The maximum Gasteiger partial charge on any atom is 0.115 e. The molecule has 1 N–H and O–H groups in total. The molecular formula is C12H18O2. The number of benzene rings is 1. The van der Waals surface area contributed by atoms with Gasteiger partial charge in [0.15, 0.2) is 0 Å². The molecule has 0 spiro atoms. The highest BCUT2D eigenvalue weighted by Crippen LogP contribution is 2.23. The normalized spacial score (nSPS) is 14.2. The van der Waals surface area contributed by atoms with Gasteiger partial charge in [0.05, 0.1) is 13.2 Å². The molecule has 0 unspecified atom stereocenters. The second-order valence-electron chi connectivity index (χ2n) is 4.41. The molecule has 0 aliphatic carbocycles. The fourth-order valence-corrected chi connectivity index (χ4v) is 0.961. The third kappa shape index (κ3) is 4.28.